The molecule has 1 aliphatic rings. The molecule has 0 saturated heterocycles. The first kappa shape index (κ1) is 12.9. The molecular formula is C14H20N2O2. The van der Waals surface area contributed by atoms with E-state index >= 15 is 0 Å². The Morgan fingerprint density at radius 1 is 1.50 bits per heavy atom. The molecular weight excluding hydrogens is 228 g/mol. The van der Waals surface area contributed by atoms with Crippen LogP contribution in [0.5, 0.6) is 5.75 Å². The number of nitrogens with one attached hydrogen (secondary N) is 1. The summed E-state index contributed by atoms with van der Waals surface area (Å²) in [6.45, 7) is 3.96. The van der Waals surface area contributed by atoms with Gasteiger partial charge in [-0.2, -0.15) is 0 Å². The predicted molar refractivity (Wildman–Crippen MR) is 72.2 cm³/mol. The standard InChI is InChI=1S/C14H20N2O2/c1-3-15-10-13(17)16-9-5-7-11-6-4-8-12(18-2)14(11)16/h4,6,8,15H,3,5,7,9-10H2,1-2H3. The SMILES string of the molecule is CCNCC(=O)N1CCCc2cccc(OC)c21. The van der Waals surface area contributed by atoms with Gasteiger partial charge in [0.25, 0.3) is 0 Å². The summed E-state index contributed by atoms with van der Waals surface area (Å²) < 4.78 is 5.38. The van der Waals surface area contributed by atoms with Gasteiger partial charge in [0.15, 0.2) is 0 Å². The summed E-state index contributed by atoms with van der Waals surface area (Å²) in [6, 6.07) is 5.97. The van der Waals surface area contributed by atoms with Crippen LogP contribution < -0.4 is 15.0 Å². The number of amides is 1. The van der Waals surface area contributed by atoms with Crippen molar-refractivity contribution in [3.05, 3.63) is 23.8 Å². The molecule has 2 rings (SSSR count). The molecule has 18 heavy (non-hydrogen) atoms. The van der Waals surface area contributed by atoms with Crippen molar-refractivity contribution in [2.75, 3.05) is 31.6 Å². The number of hydrogen-bond acceptors (Lipinski definition) is 3. The number of nitrogens with zero attached hydrogens (tertiary/aromatic N) is 1. The molecule has 0 spiro atoms. The molecule has 1 heterocycles. The predicted octanol–water partition coefficient (Wildman–Crippen LogP) is 1.58. The van der Waals surface area contributed by atoms with E-state index in [0.29, 0.717) is 6.54 Å². The number of methoxy groups -OCH3 is 1. The average Bonchev–Trinajstić information content (AvgIpc) is 2.43. The zero-order chi connectivity index (χ0) is 13.0. The minimum atomic E-state index is 0.113. The van der Waals surface area contributed by atoms with E-state index in [2.05, 4.69) is 11.4 Å². The topological polar surface area (TPSA) is 41.6 Å². The smallest absolute Gasteiger partial charge is 0.241 e. The zero-order valence-corrected chi connectivity index (χ0v) is 11.0. The fourth-order valence-electron chi connectivity index (χ4n) is 2.36. The van der Waals surface area contributed by atoms with Gasteiger partial charge >= 0.3 is 0 Å². The maximum atomic E-state index is 12.2. The molecule has 1 aromatic carbocycles. The molecule has 0 bridgehead atoms. The number of para-hydroxylation sites is 1. The van der Waals surface area contributed by atoms with E-state index in [-0.39, 0.29) is 5.91 Å². The van der Waals surface area contributed by atoms with E-state index in [1.807, 2.05) is 24.0 Å². The van der Waals surface area contributed by atoms with Crippen LogP contribution in [-0.4, -0.2) is 32.7 Å². The third kappa shape index (κ3) is 2.48. The fraction of sp³-hybridized carbons (Fsp3) is 0.500. The van der Waals surface area contributed by atoms with Crippen molar-refractivity contribution in [1.29, 1.82) is 0 Å². The number of anilines is 1. The molecule has 0 fully saturated rings. The minimum absolute atomic E-state index is 0.113. The van der Waals surface area contributed by atoms with Crippen LogP contribution >= 0.6 is 0 Å². The van der Waals surface area contributed by atoms with E-state index in [4.69, 9.17) is 4.74 Å². The maximum absolute atomic E-state index is 12.2. The molecule has 1 aromatic rings. The monoisotopic (exact) mass is 248 g/mol. The number of benzene rings is 1. The lowest BCUT2D eigenvalue weighted by atomic mass is 10.0. The van der Waals surface area contributed by atoms with Gasteiger partial charge in [0.1, 0.15) is 5.75 Å². The second-order valence-electron chi connectivity index (χ2n) is 4.40. The molecule has 0 saturated carbocycles. The number of likely N-dealkylation sites (N-methyl/N-ethyl adjacent to an activating group) is 1. The van der Waals surface area contributed by atoms with Crippen molar-refractivity contribution < 1.29 is 9.53 Å². The van der Waals surface area contributed by atoms with Crippen molar-refractivity contribution in [2.24, 2.45) is 0 Å². The quantitative estimate of drug-likeness (QED) is 0.879. The third-order valence-electron chi connectivity index (χ3n) is 3.23. The Labute approximate surface area is 108 Å². The molecule has 4 heteroatoms. The highest BCUT2D eigenvalue weighted by Crippen LogP contribution is 2.35. The first-order chi connectivity index (χ1) is 8.77. The van der Waals surface area contributed by atoms with Crippen molar-refractivity contribution in [1.82, 2.24) is 5.32 Å². The van der Waals surface area contributed by atoms with Crippen LogP contribution in [0.15, 0.2) is 18.2 Å². The molecule has 0 atom stereocenters. The van der Waals surface area contributed by atoms with Crippen molar-refractivity contribution >= 4 is 11.6 Å². The molecule has 0 aromatic heterocycles. The molecule has 0 aliphatic carbocycles. The van der Waals surface area contributed by atoms with Gasteiger partial charge < -0.3 is 15.0 Å². The first-order valence-electron chi connectivity index (χ1n) is 6.45. The molecule has 1 amide bonds. The summed E-state index contributed by atoms with van der Waals surface area (Å²) in [4.78, 5) is 14.0. The summed E-state index contributed by atoms with van der Waals surface area (Å²) >= 11 is 0. The normalized spacial score (nSPS) is 14.2. The number of hydrogen-bond donors (Lipinski definition) is 1. The third-order valence-corrected chi connectivity index (χ3v) is 3.23. The summed E-state index contributed by atoms with van der Waals surface area (Å²) in [5.41, 5.74) is 2.15. The van der Waals surface area contributed by atoms with E-state index < -0.39 is 0 Å². The molecule has 0 radical (unpaired) electrons. The van der Waals surface area contributed by atoms with Gasteiger partial charge in [0, 0.05) is 6.54 Å². The number of carbonyl (C=O) groups excluding carboxylic acids is 1. The minimum Gasteiger partial charge on any atom is -0.495 e. The summed E-state index contributed by atoms with van der Waals surface area (Å²) in [6.07, 6.45) is 2.02. The van der Waals surface area contributed by atoms with Gasteiger partial charge in [0.2, 0.25) is 5.91 Å². The Morgan fingerprint density at radius 2 is 2.33 bits per heavy atom. The van der Waals surface area contributed by atoms with Crippen LogP contribution in [0.4, 0.5) is 5.69 Å². The summed E-state index contributed by atoms with van der Waals surface area (Å²) in [5.74, 6) is 0.902. The first-order valence-corrected chi connectivity index (χ1v) is 6.45. The van der Waals surface area contributed by atoms with Crippen molar-refractivity contribution in [3.63, 3.8) is 0 Å². The van der Waals surface area contributed by atoms with Gasteiger partial charge in [0.05, 0.1) is 19.3 Å². The van der Waals surface area contributed by atoms with Crippen LogP contribution in [0.25, 0.3) is 0 Å². The number of aryl methyl sites for hydroxylation is 1. The van der Waals surface area contributed by atoms with Crippen LogP contribution in [0, 0.1) is 0 Å². The summed E-state index contributed by atoms with van der Waals surface area (Å²) in [5, 5.41) is 3.08. The largest absolute Gasteiger partial charge is 0.495 e. The van der Waals surface area contributed by atoms with Crippen molar-refractivity contribution in [3.8, 4) is 5.75 Å². The Hall–Kier alpha value is -1.55. The Bertz CT molecular complexity index is 418. The van der Waals surface area contributed by atoms with Crippen LogP contribution in [0.2, 0.25) is 0 Å². The van der Waals surface area contributed by atoms with Crippen LogP contribution in [0.3, 0.4) is 0 Å². The van der Waals surface area contributed by atoms with Gasteiger partial charge in [-0.1, -0.05) is 19.1 Å². The molecule has 1 N–H and O–H groups in total. The van der Waals surface area contributed by atoms with Gasteiger partial charge in [-0.25, -0.2) is 0 Å². The highest BCUT2D eigenvalue weighted by atomic mass is 16.5. The van der Waals surface area contributed by atoms with Crippen LogP contribution in [-0.2, 0) is 11.2 Å². The lowest BCUT2D eigenvalue weighted by Gasteiger charge is -2.31. The highest BCUT2D eigenvalue weighted by molar-refractivity contribution is 5.97. The Balaban J connectivity index is 2.28. The number of fused-ring (bicyclic) bond motifs is 1. The van der Waals surface area contributed by atoms with E-state index in [1.54, 1.807) is 7.11 Å². The van der Waals surface area contributed by atoms with Crippen LogP contribution in [0.1, 0.15) is 18.9 Å². The second kappa shape index (κ2) is 5.87. The van der Waals surface area contributed by atoms with Crippen molar-refractivity contribution in [2.45, 2.75) is 19.8 Å². The number of rotatable bonds is 4. The van der Waals surface area contributed by atoms with Gasteiger partial charge in [-0.05, 0) is 31.0 Å². The average molecular weight is 248 g/mol. The molecule has 0 unspecified atom stereocenters. The molecule has 4 nitrogen and oxygen atoms in total. The fourth-order valence-corrected chi connectivity index (χ4v) is 2.36. The van der Waals surface area contributed by atoms with E-state index in [0.717, 1.165) is 37.4 Å². The van der Waals surface area contributed by atoms with Gasteiger partial charge in [-0.3, -0.25) is 4.79 Å². The highest BCUT2D eigenvalue weighted by Gasteiger charge is 2.25. The lowest BCUT2D eigenvalue weighted by Crippen LogP contribution is -2.41. The number of carbonyl (C=O) groups is 1. The molecule has 1 aliphatic heterocycles. The van der Waals surface area contributed by atoms with E-state index in [9.17, 15) is 4.79 Å². The zero-order valence-electron chi connectivity index (χ0n) is 11.0. The second-order valence-corrected chi connectivity index (χ2v) is 4.40. The maximum Gasteiger partial charge on any atom is 0.241 e. The Kier molecular flexibility index (Phi) is 4.20. The van der Waals surface area contributed by atoms with Gasteiger partial charge in [-0.15, -0.1) is 0 Å². The van der Waals surface area contributed by atoms with E-state index in [1.165, 1.54) is 5.56 Å². The Morgan fingerprint density at radius 3 is 3.06 bits per heavy atom. The number of ether oxygens (including phenoxy) is 1. The summed E-state index contributed by atoms with van der Waals surface area (Å²) in [7, 11) is 1.65. The molecule has 98 valence electrons. The lowest BCUT2D eigenvalue weighted by molar-refractivity contribution is -0.117.